The average molecular weight is 475 g/mol. The van der Waals surface area contributed by atoms with Crippen LogP contribution in [0.15, 0.2) is 42.5 Å². The zero-order valence-corrected chi connectivity index (χ0v) is 20.6. The Morgan fingerprint density at radius 1 is 1.06 bits per heavy atom. The largest absolute Gasteiger partial charge is 0.454 e. The van der Waals surface area contributed by atoms with Crippen molar-refractivity contribution in [3.8, 4) is 11.5 Å². The number of fused-ring (bicyclic) bond motifs is 2. The first-order chi connectivity index (χ1) is 16.3. The van der Waals surface area contributed by atoms with E-state index in [9.17, 15) is 4.79 Å². The molecular formula is C26H26N4O3S. The van der Waals surface area contributed by atoms with Crippen molar-refractivity contribution in [1.82, 2.24) is 9.97 Å². The van der Waals surface area contributed by atoms with Crippen LogP contribution in [0.5, 0.6) is 11.5 Å². The molecule has 174 valence electrons. The molecule has 0 unspecified atom stereocenters. The highest BCUT2D eigenvalue weighted by Gasteiger charge is 2.23. The smallest absolute Gasteiger partial charge is 0.266 e. The van der Waals surface area contributed by atoms with Gasteiger partial charge in [-0.1, -0.05) is 26.0 Å². The van der Waals surface area contributed by atoms with Gasteiger partial charge in [-0.2, -0.15) is 0 Å². The van der Waals surface area contributed by atoms with Gasteiger partial charge in [0.25, 0.3) is 5.91 Å². The first kappa shape index (κ1) is 22.2. The van der Waals surface area contributed by atoms with Crippen LogP contribution in [-0.2, 0) is 0 Å². The summed E-state index contributed by atoms with van der Waals surface area (Å²) in [6, 6.07) is 13.9. The van der Waals surface area contributed by atoms with Crippen molar-refractivity contribution in [3.05, 3.63) is 64.3 Å². The maximum absolute atomic E-state index is 13.2. The van der Waals surface area contributed by atoms with Crippen LogP contribution in [-0.4, -0.2) is 29.7 Å². The van der Waals surface area contributed by atoms with Crippen molar-refractivity contribution in [1.29, 1.82) is 0 Å². The van der Waals surface area contributed by atoms with Crippen molar-refractivity contribution in [2.75, 3.05) is 24.1 Å². The van der Waals surface area contributed by atoms with Crippen LogP contribution < -0.4 is 19.7 Å². The molecule has 1 aliphatic heterocycles. The van der Waals surface area contributed by atoms with Crippen LogP contribution in [0.3, 0.4) is 0 Å². The fourth-order valence-electron chi connectivity index (χ4n) is 4.05. The number of aryl methyl sites for hydroxylation is 2. The predicted molar refractivity (Wildman–Crippen MR) is 136 cm³/mol. The zero-order valence-electron chi connectivity index (χ0n) is 19.8. The van der Waals surface area contributed by atoms with E-state index >= 15 is 0 Å². The minimum atomic E-state index is -0.188. The molecule has 0 spiro atoms. The number of rotatable bonds is 5. The minimum absolute atomic E-state index is 0.188. The molecule has 1 aliphatic rings. The van der Waals surface area contributed by atoms with E-state index in [4.69, 9.17) is 14.5 Å². The van der Waals surface area contributed by atoms with Gasteiger partial charge in [0.05, 0.1) is 10.3 Å². The minimum Gasteiger partial charge on any atom is -0.454 e. The molecule has 2 aromatic heterocycles. The SMILES string of the molecule is Cc1nc(N(C)c2ccc(C(C)C)cc2)c2c(C)c(C(=O)Nc3ccc4c(c3)OCO4)sc2n1. The fourth-order valence-corrected chi connectivity index (χ4v) is 5.16. The molecular weight excluding hydrogens is 448 g/mol. The van der Waals surface area contributed by atoms with Crippen LogP contribution in [0.1, 0.15) is 46.4 Å². The van der Waals surface area contributed by atoms with E-state index in [0.29, 0.717) is 33.8 Å². The number of nitrogens with zero attached hydrogens (tertiary/aromatic N) is 3. The number of amides is 1. The number of aromatic nitrogens is 2. The highest BCUT2D eigenvalue weighted by atomic mass is 32.1. The third kappa shape index (κ3) is 3.94. The van der Waals surface area contributed by atoms with Gasteiger partial charge in [0, 0.05) is 24.5 Å². The number of nitrogens with one attached hydrogen (secondary N) is 1. The van der Waals surface area contributed by atoms with Gasteiger partial charge in [0.1, 0.15) is 16.5 Å². The predicted octanol–water partition coefficient (Wildman–Crippen LogP) is 6.18. The van der Waals surface area contributed by atoms with Crippen molar-refractivity contribution in [3.63, 3.8) is 0 Å². The van der Waals surface area contributed by atoms with E-state index < -0.39 is 0 Å². The molecule has 0 radical (unpaired) electrons. The summed E-state index contributed by atoms with van der Waals surface area (Å²) in [6.45, 7) is 8.38. The molecule has 0 saturated carbocycles. The van der Waals surface area contributed by atoms with Crippen molar-refractivity contribution in [2.24, 2.45) is 0 Å². The summed E-state index contributed by atoms with van der Waals surface area (Å²) < 4.78 is 10.8. The lowest BCUT2D eigenvalue weighted by Gasteiger charge is -2.20. The van der Waals surface area contributed by atoms with E-state index in [0.717, 1.165) is 27.3 Å². The maximum atomic E-state index is 13.2. The number of anilines is 3. The van der Waals surface area contributed by atoms with Crippen molar-refractivity contribution >= 4 is 44.7 Å². The number of hydrogen-bond donors (Lipinski definition) is 1. The van der Waals surface area contributed by atoms with Gasteiger partial charge in [-0.25, -0.2) is 9.97 Å². The highest BCUT2D eigenvalue weighted by Crippen LogP contribution is 2.39. The van der Waals surface area contributed by atoms with Crippen LogP contribution in [0, 0.1) is 13.8 Å². The zero-order chi connectivity index (χ0) is 24.0. The second-order valence-corrected chi connectivity index (χ2v) is 9.66. The Hall–Kier alpha value is -3.65. The van der Waals surface area contributed by atoms with E-state index in [2.05, 4.69) is 53.3 Å². The first-order valence-corrected chi connectivity index (χ1v) is 12.0. The number of carbonyl (C=O) groups is 1. The third-order valence-electron chi connectivity index (χ3n) is 5.98. The van der Waals surface area contributed by atoms with Gasteiger partial charge in [0.15, 0.2) is 11.5 Å². The molecule has 5 rings (SSSR count). The lowest BCUT2D eigenvalue weighted by Crippen LogP contribution is -2.13. The van der Waals surface area contributed by atoms with E-state index in [-0.39, 0.29) is 12.7 Å². The quantitative estimate of drug-likeness (QED) is 0.372. The van der Waals surface area contributed by atoms with Crippen LogP contribution >= 0.6 is 11.3 Å². The summed E-state index contributed by atoms with van der Waals surface area (Å²) in [5, 5.41) is 3.87. The summed E-state index contributed by atoms with van der Waals surface area (Å²) in [5.41, 5.74) is 3.82. The van der Waals surface area contributed by atoms with Crippen LogP contribution in [0.2, 0.25) is 0 Å². The van der Waals surface area contributed by atoms with Gasteiger partial charge in [0.2, 0.25) is 6.79 Å². The van der Waals surface area contributed by atoms with Gasteiger partial charge in [-0.15, -0.1) is 11.3 Å². The standard InChI is InChI=1S/C26H26N4O3S/c1-14(2)17-6-9-19(10-7-17)30(5)24-22-15(3)23(34-26(22)28-16(4)27-24)25(31)29-18-8-11-20-21(12-18)33-13-32-20/h6-12,14H,13H2,1-5H3,(H,29,31). The molecule has 1 amide bonds. The first-order valence-electron chi connectivity index (χ1n) is 11.1. The maximum Gasteiger partial charge on any atom is 0.266 e. The van der Waals surface area contributed by atoms with Crippen molar-refractivity contribution in [2.45, 2.75) is 33.6 Å². The summed E-state index contributed by atoms with van der Waals surface area (Å²) in [7, 11) is 2.00. The summed E-state index contributed by atoms with van der Waals surface area (Å²) >= 11 is 1.38. The molecule has 8 heteroatoms. The molecule has 34 heavy (non-hydrogen) atoms. The lowest BCUT2D eigenvalue weighted by molar-refractivity contribution is 0.103. The molecule has 1 N–H and O–H groups in total. The van der Waals surface area contributed by atoms with E-state index in [1.165, 1.54) is 16.9 Å². The topological polar surface area (TPSA) is 76.6 Å². The molecule has 3 heterocycles. The number of benzene rings is 2. The Kier molecular flexibility index (Phi) is 5.61. The Morgan fingerprint density at radius 3 is 2.53 bits per heavy atom. The molecule has 4 aromatic rings. The van der Waals surface area contributed by atoms with Crippen LogP contribution in [0.4, 0.5) is 17.2 Å². The summed E-state index contributed by atoms with van der Waals surface area (Å²) in [4.78, 5) is 26.0. The molecule has 0 atom stereocenters. The number of carbonyl (C=O) groups excluding carboxylic acids is 1. The fraction of sp³-hybridized carbons (Fsp3) is 0.269. The summed E-state index contributed by atoms with van der Waals surface area (Å²) in [6.07, 6.45) is 0. The van der Waals surface area contributed by atoms with Gasteiger partial charge >= 0.3 is 0 Å². The molecule has 0 fully saturated rings. The lowest BCUT2D eigenvalue weighted by atomic mass is 10.0. The molecule has 7 nitrogen and oxygen atoms in total. The molecule has 0 bridgehead atoms. The Labute approximate surface area is 202 Å². The second-order valence-electron chi connectivity index (χ2n) is 8.66. The average Bonchev–Trinajstić information content (AvgIpc) is 3.42. The van der Waals surface area contributed by atoms with E-state index in [1.807, 2.05) is 20.9 Å². The van der Waals surface area contributed by atoms with Gasteiger partial charge in [-0.3, -0.25) is 4.79 Å². The number of hydrogen-bond acceptors (Lipinski definition) is 7. The third-order valence-corrected chi connectivity index (χ3v) is 7.17. The van der Waals surface area contributed by atoms with E-state index in [1.54, 1.807) is 18.2 Å². The Bertz CT molecular complexity index is 1400. The summed E-state index contributed by atoms with van der Waals surface area (Å²) in [5.74, 6) is 3.03. The number of ether oxygens (including phenoxy) is 2. The normalized spacial score (nSPS) is 12.4. The molecule has 0 saturated heterocycles. The number of thiophene rings is 1. The van der Waals surface area contributed by atoms with Crippen LogP contribution in [0.25, 0.3) is 10.2 Å². The van der Waals surface area contributed by atoms with Gasteiger partial charge in [-0.05, 0) is 55.2 Å². The monoisotopic (exact) mass is 474 g/mol. The molecule has 2 aromatic carbocycles. The highest BCUT2D eigenvalue weighted by molar-refractivity contribution is 7.20. The van der Waals surface area contributed by atoms with Crippen molar-refractivity contribution < 1.29 is 14.3 Å². The molecule has 0 aliphatic carbocycles. The Morgan fingerprint density at radius 2 is 1.79 bits per heavy atom. The Balaban J connectivity index is 1.50. The second kappa shape index (κ2) is 8.61. The van der Waals surface area contributed by atoms with Gasteiger partial charge < -0.3 is 19.7 Å².